The van der Waals surface area contributed by atoms with Crippen LogP contribution in [-0.2, 0) is 10.9 Å². The molecule has 0 bridgehead atoms. The van der Waals surface area contributed by atoms with Gasteiger partial charge in [0, 0.05) is 19.0 Å². The van der Waals surface area contributed by atoms with E-state index < -0.39 is 11.1 Å². The molecule has 1 unspecified atom stereocenters. The third-order valence-corrected chi connectivity index (χ3v) is 5.26. The summed E-state index contributed by atoms with van der Waals surface area (Å²) in [7, 11) is 0. The highest BCUT2D eigenvalue weighted by Gasteiger charge is 2.35. The molecule has 1 aliphatic carbocycles. The molecule has 1 saturated heterocycles. The van der Waals surface area contributed by atoms with Crippen molar-refractivity contribution in [1.29, 1.82) is 0 Å². The number of rotatable bonds is 2. The van der Waals surface area contributed by atoms with E-state index in [0.717, 1.165) is 30.7 Å². The van der Waals surface area contributed by atoms with E-state index in [1.165, 1.54) is 19.3 Å². The molecule has 1 aliphatic heterocycles. The molecule has 1 saturated carbocycles. The molecule has 2 fully saturated rings. The van der Waals surface area contributed by atoms with Gasteiger partial charge in [-0.15, -0.1) is 0 Å². The van der Waals surface area contributed by atoms with E-state index in [9.17, 15) is 13.2 Å². The lowest BCUT2D eigenvalue weighted by Gasteiger charge is -2.34. The van der Waals surface area contributed by atoms with E-state index in [2.05, 4.69) is 4.98 Å². The first kappa shape index (κ1) is 14.1. The SMILES string of the molecule is FC(F)(F)c1cnc(N2CCOCC(C3CCC3)C2)s1. The van der Waals surface area contributed by atoms with Crippen molar-refractivity contribution in [1.82, 2.24) is 4.98 Å². The van der Waals surface area contributed by atoms with Gasteiger partial charge in [0.15, 0.2) is 5.13 Å². The number of aromatic nitrogens is 1. The topological polar surface area (TPSA) is 25.4 Å². The Morgan fingerprint density at radius 2 is 2.10 bits per heavy atom. The molecule has 2 heterocycles. The zero-order valence-corrected chi connectivity index (χ0v) is 11.8. The maximum atomic E-state index is 12.6. The zero-order chi connectivity index (χ0) is 14.2. The molecule has 20 heavy (non-hydrogen) atoms. The van der Waals surface area contributed by atoms with Crippen molar-refractivity contribution < 1.29 is 17.9 Å². The van der Waals surface area contributed by atoms with Crippen molar-refractivity contribution in [2.24, 2.45) is 11.8 Å². The molecule has 3 rings (SSSR count). The molecule has 7 heteroatoms. The van der Waals surface area contributed by atoms with Gasteiger partial charge >= 0.3 is 6.18 Å². The van der Waals surface area contributed by atoms with Gasteiger partial charge in [-0.3, -0.25) is 0 Å². The van der Waals surface area contributed by atoms with Gasteiger partial charge < -0.3 is 9.64 Å². The number of alkyl halides is 3. The van der Waals surface area contributed by atoms with Crippen LogP contribution in [0.2, 0.25) is 0 Å². The first-order valence-corrected chi connectivity index (χ1v) is 7.71. The van der Waals surface area contributed by atoms with Crippen LogP contribution in [-0.4, -0.2) is 31.3 Å². The average Bonchev–Trinajstić information content (AvgIpc) is 2.69. The number of ether oxygens (including phenoxy) is 1. The van der Waals surface area contributed by atoms with Gasteiger partial charge in [-0.25, -0.2) is 4.98 Å². The Labute approximate surface area is 119 Å². The summed E-state index contributed by atoms with van der Waals surface area (Å²) in [6.45, 7) is 2.66. The van der Waals surface area contributed by atoms with E-state index in [4.69, 9.17) is 4.74 Å². The summed E-state index contributed by atoms with van der Waals surface area (Å²) in [6, 6.07) is 0. The molecular formula is C13H17F3N2OS. The van der Waals surface area contributed by atoms with Crippen LogP contribution in [0.4, 0.5) is 18.3 Å². The van der Waals surface area contributed by atoms with Crippen molar-refractivity contribution in [2.45, 2.75) is 25.4 Å². The smallest absolute Gasteiger partial charge is 0.379 e. The molecule has 1 aromatic rings. The molecule has 1 atom stereocenters. The molecule has 112 valence electrons. The minimum atomic E-state index is -4.30. The van der Waals surface area contributed by atoms with Crippen LogP contribution < -0.4 is 4.90 Å². The third kappa shape index (κ3) is 2.93. The highest BCUT2D eigenvalue weighted by atomic mass is 32.1. The molecule has 1 aromatic heterocycles. The second kappa shape index (κ2) is 5.52. The average molecular weight is 306 g/mol. The largest absolute Gasteiger partial charge is 0.427 e. The summed E-state index contributed by atoms with van der Waals surface area (Å²) < 4.78 is 43.5. The summed E-state index contributed by atoms with van der Waals surface area (Å²) >= 11 is 0.729. The van der Waals surface area contributed by atoms with Gasteiger partial charge in [0.05, 0.1) is 19.4 Å². The van der Waals surface area contributed by atoms with Crippen LogP contribution in [0.1, 0.15) is 24.1 Å². The lowest BCUT2D eigenvalue weighted by molar-refractivity contribution is -0.134. The number of thiazole rings is 1. The molecule has 0 amide bonds. The Hall–Kier alpha value is -0.820. The van der Waals surface area contributed by atoms with Gasteiger partial charge in [0.25, 0.3) is 0 Å². The number of hydrogen-bond acceptors (Lipinski definition) is 4. The molecule has 0 radical (unpaired) electrons. The molecular weight excluding hydrogens is 289 g/mol. The number of hydrogen-bond donors (Lipinski definition) is 0. The van der Waals surface area contributed by atoms with Crippen molar-refractivity contribution in [3.63, 3.8) is 0 Å². The fraction of sp³-hybridized carbons (Fsp3) is 0.769. The fourth-order valence-electron chi connectivity index (χ4n) is 2.75. The second-order valence-electron chi connectivity index (χ2n) is 5.48. The van der Waals surface area contributed by atoms with Gasteiger partial charge in [-0.1, -0.05) is 30.6 Å². The maximum Gasteiger partial charge on any atom is 0.427 e. The van der Waals surface area contributed by atoms with Crippen molar-refractivity contribution in [3.05, 3.63) is 11.1 Å². The summed E-state index contributed by atoms with van der Waals surface area (Å²) in [6.07, 6.45) is 0.327. The fourth-order valence-corrected chi connectivity index (χ4v) is 3.57. The van der Waals surface area contributed by atoms with Gasteiger partial charge in [0.2, 0.25) is 0 Å². The maximum absolute atomic E-state index is 12.6. The van der Waals surface area contributed by atoms with Crippen LogP contribution >= 0.6 is 11.3 Å². The second-order valence-corrected chi connectivity index (χ2v) is 6.49. The Morgan fingerprint density at radius 3 is 2.70 bits per heavy atom. The van der Waals surface area contributed by atoms with Gasteiger partial charge in [-0.2, -0.15) is 13.2 Å². The first-order valence-electron chi connectivity index (χ1n) is 6.90. The third-order valence-electron chi connectivity index (χ3n) is 4.15. The van der Waals surface area contributed by atoms with E-state index in [-0.39, 0.29) is 0 Å². The lowest BCUT2D eigenvalue weighted by Crippen LogP contribution is -2.35. The Balaban J connectivity index is 1.72. The number of nitrogens with zero attached hydrogens (tertiary/aromatic N) is 2. The molecule has 0 N–H and O–H groups in total. The molecule has 2 aliphatic rings. The van der Waals surface area contributed by atoms with Crippen LogP contribution in [0.25, 0.3) is 0 Å². The molecule has 0 aromatic carbocycles. The van der Waals surface area contributed by atoms with Crippen molar-refractivity contribution in [3.8, 4) is 0 Å². The van der Waals surface area contributed by atoms with Crippen LogP contribution in [0.3, 0.4) is 0 Å². The summed E-state index contributed by atoms with van der Waals surface area (Å²) in [5.41, 5.74) is 0. The van der Waals surface area contributed by atoms with Gasteiger partial charge in [-0.05, 0) is 5.92 Å². The number of anilines is 1. The number of halogens is 3. The molecule has 3 nitrogen and oxygen atoms in total. The van der Waals surface area contributed by atoms with Crippen molar-refractivity contribution >= 4 is 16.5 Å². The lowest BCUT2D eigenvalue weighted by atomic mass is 9.76. The summed E-state index contributed by atoms with van der Waals surface area (Å²) in [4.78, 5) is 5.28. The highest BCUT2D eigenvalue weighted by molar-refractivity contribution is 7.15. The monoisotopic (exact) mass is 306 g/mol. The first-order chi connectivity index (χ1) is 9.54. The quantitative estimate of drug-likeness (QED) is 0.837. The Bertz CT molecular complexity index is 459. The molecule has 0 spiro atoms. The van der Waals surface area contributed by atoms with Crippen LogP contribution in [0.5, 0.6) is 0 Å². The van der Waals surface area contributed by atoms with E-state index in [1.807, 2.05) is 4.90 Å². The van der Waals surface area contributed by atoms with Crippen LogP contribution in [0.15, 0.2) is 6.20 Å². The minimum Gasteiger partial charge on any atom is -0.379 e. The van der Waals surface area contributed by atoms with E-state index >= 15 is 0 Å². The highest BCUT2D eigenvalue weighted by Crippen LogP contribution is 2.38. The van der Waals surface area contributed by atoms with E-state index in [0.29, 0.717) is 30.1 Å². The predicted molar refractivity (Wildman–Crippen MR) is 71.0 cm³/mol. The van der Waals surface area contributed by atoms with Gasteiger partial charge in [0.1, 0.15) is 4.88 Å². The summed E-state index contributed by atoms with van der Waals surface area (Å²) in [5, 5.41) is 0.465. The van der Waals surface area contributed by atoms with Crippen molar-refractivity contribution in [2.75, 3.05) is 31.2 Å². The Morgan fingerprint density at radius 1 is 1.30 bits per heavy atom. The zero-order valence-electron chi connectivity index (χ0n) is 11.0. The predicted octanol–water partition coefficient (Wildman–Crippen LogP) is 3.41. The summed E-state index contributed by atoms with van der Waals surface area (Å²) in [5.74, 6) is 1.09. The van der Waals surface area contributed by atoms with E-state index in [1.54, 1.807) is 0 Å². The standard InChI is InChI=1S/C13H17F3N2OS/c14-13(15,16)11-6-17-12(20-11)18-4-5-19-8-10(7-18)9-2-1-3-9/h6,9-10H,1-5,7-8H2. The minimum absolute atomic E-state index is 0.421. The normalized spacial score (nSPS) is 25.4. The van der Waals surface area contributed by atoms with Crippen LogP contribution in [0, 0.1) is 11.8 Å². The Kier molecular flexibility index (Phi) is 3.90.